The zero-order valence-electron chi connectivity index (χ0n) is 11.1. The fourth-order valence-electron chi connectivity index (χ4n) is 2.44. The molecule has 0 radical (unpaired) electrons. The van der Waals surface area contributed by atoms with Crippen LogP contribution in [0.3, 0.4) is 0 Å². The largest absolute Gasteiger partial charge is 0.452 e. The number of benzene rings is 1. The maximum Gasteiger partial charge on any atom is 0.308 e. The zero-order valence-corrected chi connectivity index (χ0v) is 11.1. The van der Waals surface area contributed by atoms with Gasteiger partial charge in [0.25, 0.3) is 0 Å². The molecule has 0 unspecified atom stereocenters. The van der Waals surface area contributed by atoms with Crippen LogP contribution in [0.15, 0.2) is 39.6 Å². The van der Waals surface area contributed by atoms with E-state index < -0.39 is 5.97 Å². The summed E-state index contributed by atoms with van der Waals surface area (Å²) in [5.74, 6) is 0.415. The third-order valence-electron chi connectivity index (χ3n) is 3.33. The first kappa shape index (κ1) is 12.7. The highest BCUT2D eigenvalue weighted by atomic mass is 16.5. The Labute approximate surface area is 115 Å². The van der Waals surface area contributed by atoms with Gasteiger partial charge in [-0.1, -0.05) is 12.1 Å². The second-order valence-corrected chi connectivity index (χ2v) is 4.82. The number of ether oxygens (including phenoxy) is 1. The molecule has 0 N–H and O–H groups in total. The van der Waals surface area contributed by atoms with Gasteiger partial charge in [-0.05, 0) is 37.0 Å². The molecule has 0 amide bonds. The summed E-state index contributed by atoms with van der Waals surface area (Å²) in [6, 6.07) is 6.48. The first-order valence-corrected chi connectivity index (χ1v) is 6.60. The third-order valence-corrected chi connectivity index (χ3v) is 3.33. The highest BCUT2D eigenvalue weighted by molar-refractivity contribution is 5.86. The van der Waals surface area contributed by atoms with Crippen molar-refractivity contribution >= 4 is 22.5 Å². The number of carbonyl (C=O) groups is 1. The Morgan fingerprint density at radius 3 is 2.90 bits per heavy atom. The highest BCUT2D eigenvalue weighted by Crippen LogP contribution is 2.31. The van der Waals surface area contributed by atoms with Crippen molar-refractivity contribution in [3.63, 3.8) is 0 Å². The van der Waals surface area contributed by atoms with Gasteiger partial charge in [0.05, 0.1) is 5.39 Å². The number of carbonyl (C=O) groups excluding carboxylic acids is 1. The van der Waals surface area contributed by atoms with Crippen molar-refractivity contribution in [3.05, 3.63) is 46.3 Å². The molecule has 1 aromatic heterocycles. The van der Waals surface area contributed by atoms with E-state index in [0.29, 0.717) is 16.7 Å². The van der Waals surface area contributed by atoms with E-state index in [2.05, 4.69) is 6.08 Å². The van der Waals surface area contributed by atoms with E-state index in [4.69, 9.17) is 9.15 Å². The van der Waals surface area contributed by atoms with E-state index in [0.717, 1.165) is 24.8 Å². The van der Waals surface area contributed by atoms with Crippen molar-refractivity contribution in [1.82, 2.24) is 0 Å². The quantitative estimate of drug-likeness (QED) is 0.620. The van der Waals surface area contributed by atoms with Gasteiger partial charge < -0.3 is 9.15 Å². The maximum atomic E-state index is 12.2. The molecule has 4 nitrogen and oxygen atoms in total. The fraction of sp³-hybridized carbons (Fsp3) is 0.250. The van der Waals surface area contributed by atoms with Gasteiger partial charge in [0.15, 0.2) is 16.8 Å². The molecular formula is C16H14O4. The van der Waals surface area contributed by atoms with Gasteiger partial charge in [0.2, 0.25) is 0 Å². The second kappa shape index (κ2) is 4.96. The summed E-state index contributed by atoms with van der Waals surface area (Å²) in [5.41, 5.74) is 1.25. The Bertz CT molecular complexity index is 768. The Hall–Kier alpha value is -2.36. The summed E-state index contributed by atoms with van der Waals surface area (Å²) in [6.45, 7) is 1.32. The maximum absolute atomic E-state index is 12.2. The van der Waals surface area contributed by atoms with E-state index in [-0.39, 0.29) is 11.2 Å². The molecule has 0 aliphatic heterocycles. The lowest BCUT2D eigenvalue weighted by atomic mass is 10.1. The summed E-state index contributed by atoms with van der Waals surface area (Å²) >= 11 is 0. The molecule has 4 heteroatoms. The third kappa shape index (κ3) is 2.25. The van der Waals surface area contributed by atoms with Gasteiger partial charge >= 0.3 is 5.97 Å². The average molecular weight is 270 g/mol. The van der Waals surface area contributed by atoms with Crippen molar-refractivity contribution in [2.24, 2.45) is 0 Å². The van der Waals surface area contributed by atoms with E-state index in [9.17, 15) is 9.59 Å². The van der Waals surface area contributed by atoms with Crippen LogP contribution >= 0.6 is 0 Å². The Morgan fingerprint density at radius 1 is 1.35 bits per heavy atom. The van der Waals surface area contributed by atoms with Crippen LogP contribution in [-0.2, 0) is 4.79 Å². The molecule has 0 saturated heterocycles. The molecule has 3 rings (SSSR count). The molecular weight excluding hydrogens is 256 g/mol. The van der Waals surface area contributed by atoms with Crippen molar-refractivity contribution in [3.8, 4) is 5.75 Å². The predicted octanol–water partition coefficient (Wildman–Crippen LogP) is 3.29. The first-order chi connectivity index (χ1) is 9.65. The van der Waals surface area contributed by atoms with E-state index >= 15 is 0 Å². The zero-order chi connectivity index (χ0) is 14.1. The number of esters is 1. The number of allylic oxidation sites excluding steroid dienone is 2. The standard InChI is InChI=1S/C16H14O4/c1-10(17)19-14-8-4-7-12-13(18)9-15(20-16(12)14)11-5-2-3-6-11/h4-5,7-9H,2-3,6H2,1H3. The molecule has 1 aliphatic carbocycles. The summed E-state index contributed by atoms with van der Waals surface area (Å²) in [7, 11) is 0. The Morgan fingerprint density at radius 2 is 2.20 bits per heavy atom. The summed E-state index contributed by atoms with van der Waals surface area (Å²) in [4.78, 5) is 23.3. The number of fused-ring (bicyclic) bond motifs is 1. The number of hydrogen-bond donors (Lipinski definition) is 0. The fourth-order valence-corrected chi connectivity index (χ4v) is 2.44. The molecule has 0 bridgehead atoms. The van der Waals surface area contributed by atoms with E-state index in [1.807, 2.05) is 0 Å². The average Bonchev–Trinajstić information content (AvgIpc) is 2.93. The lowest BCUT2D eigenvalue weighted by Crippen LogP contribution is -2.06. The van der Waals surface area contributed by atoms with Gasteiger partial charge in [0, 0.05) is 13.0 Å². The number of hydrogen-bond acceptors (Lipinski definition) is 4. The van der Waals surface area contributed by atoms with Gasteiger partial charge in [-0.15, -0.1) is 0 Å². The lowest BCUT2D eigenvalue weighted by Gasteiger charge is -2.07. The molecule has 0 atom stereocenters. The molecule has 2 aromatic rings. The molecule has 1 heterocycles. The SMILES string of the molecule is CC(=O)Oc1cccc2c(=O)cc(C3=CCCC3)oc12. The highest BCUT2D eigenvalue weighted by Gasteiger charge is 2.15. The van der Waals surface area contributed by atoms with Gasteiger partial charge in [-0.2, -0.15) is 0 Å². The number of para-hydroxylation sites is 1. The van der Waals surface area contributed by atoms with Crippen LogP contribution in [0.1, 0.15) is 31.9 Å². The molecule has 20 heavy (non-hydrogen) atoms. The normalized spacial score (nSPS) is 14.3. The van der Waals surface area contributed by atoms with Crippen molar-refractivity contribution in [1.29, 1.82) is 0 Å². The van der Waals surface area contributed by atoms with Crippen LogP contribution in [0.2, 0.25) is 0 Å². The molecule has 1 aliphatic rings. The minimum Gasteiger partial charge on any atom is -0.452 e. The van der Waals surface area contributed by atoms with Crippen LogP contribution in [-0.4, -0.2) is 5.97 Å². The van der Waals surface area contributed by atoms with Crippen molar-refractivity contribution in [2.75, 3.05) is 0 Å². The molecule has 0 saturated carbocycles. The summed E-state index contributed by atoms with van der Waals surface area (Å²) in [6.07, 6.45) is 5.06. The second-order valence-electron chi connectivity index (χ2n) is 4.82. The van der Waals surface area contributed by atoms with Crippen LogP contribution in [0, 0.1) is 0 Å². The van der Waals surface area contributed by atoms with Crippen molar-refractivity contribution < 1.29 is 13.9 Å². The van der Waals surface area contributed by atoms with Gasteiger partial charge in [-0.3, -0.25) is 9.59 Å². The lowest BCUT2D eigenvalue weighted by molar-refractivity contribution is -0.131. The molecule has 1 aromatic carbocycles. The van der Waals surface area contributed by atoms with Gasteiger partial charge in [-0.25, -0.2) is 0 Å². The first-order valence-electron chi connectivity index (χ1n) is 6.60. The molecule has 102 valence electrons. The Balaban J connectivity index is 2.22. The minimum atomic E-state index is -0.439. The van der Waals surface area contributed by atoms with Crippen LogP contribution in [0.5, 0.6) is 5.75 Å². The Kier molecular flexibility index (Phi) is 3.14. The summed E-state index contributed by atoms with van der Waals surface area (Å²) < 4.78 is 10.9. The van der Waals surface area contributed by atoms with Gasteiger partial charge in [0.1, 0.15) is 5.76 Å². The van der Waals surface area contributed by atoms with Crippen LogP contribution in [0.25, 0.3) is 16.5 Å². The van der Waals surface area contributed by atoms with E-state index in [1.54, 1.807) is 18.2 Å². The topological polar surface area (TPSA) is 56.5 Å². The predicted molar refractivity (Wildman–Crippen MR) is 75.6 cm³/mol. The molecule has 0 spiro atoms. The monoisotopic (exact) mass is 270 g/mol. The molecule has 0 fully saturated rings. The summed E-state index contributed by atoms with van der Waals surface area (Å²) in [5, 5.41) is 0.422. The number of rotatable bonds is 2. The van der Waals surface area contributed by atoms with E-state index in [1.165, 1.54) is 13.0 Å². The minimum absolute atomic E-state index is 0.122. The van der Waals surface area contributed by atoms with Crippen LogP contribution < -0.4 is 10.2 Å². The van der Waals surface area contributed by atoms with Crippen molar-refractivity contribution in [2.45, 2.75) is 26.2 Å². The van der Waals surface area contributed by atoms with Crippen LogP contribution in [0.4, 0.5) is 0 Å². The smallest absolute Gasteiger partial charge is 0.308 e.